The Morgan fingerprint density at radius 3 is 1.79 bits per heavy atom. The first-order valence-electron chi connectivity index (χ1n) is 20.8. The topological polar surface area (TPSA) is 41.7 Å². The third kappa shape index (κ3) is 6.08. The van der Waals surface area contributed by atoms with Crippen molar-refractivity contribution >= 4 is 65.8 Å². The fourth-order valence-electron chi connectivity index (χ4n) is 9.18. The zero-order valence-corrected chi connectivity index (χ0v) is 33.2. The van der Waals surface area contributed by atoms with Gasteiger partial charge in [0, 0.05) is 27.5 Å². The number of hydrogen-bond acceptors (Lipinski definition) is 3. The highest BCUT2D eigenvalue weighted by molar-refractivity contribution is 6.23. The zero-order valence-electron chi connectivity index (χ0n) is 33.2. The molecule has 286 valence electrons. The minimum absolute atomic E-state index is 0.289. The Morgan fingerprint density at radius 1 is 0.393 bits per heavy atom. The number of nitrogens with one attached hydrogen (secondary N) is 1. The van der Waals surface area contributed by atoms with Crippen LogP contribution in [0.2, 0.25) is 0 Å². The second-order valence-electron chi connectivity index (χ2n) is 15.8. The van der Waals surface area contributed by atoms with E-state index in [0.717, 1.165) is 44.7 Å². The molecule has 1 aliphatic heterocycles. The number of aliphatic imine (C=N–C) groups is 2. The van der Waals surface area contributed by atoms with Crippen LogP contribution >= 0.6 is 0 Å². The Balaban J connectivity index is 0.949. The van der Waals surface area contributed by atoms with E-state index < -0.39 is 0 Å². The third-order valence-electron chi connectivity index (χ3n) is 12.2. The van der Waals surface area contributed by atoms with E-state index in [2.05, 4.69) is 222 Å². The van der Waals surface area contributed by atoms with Gasteiger partial charge < -0.3 is 9.88 Å². The lowest BCUT2D eigenvalue weighted by atomic mass is 9.99. The Morgan fingerprint density at radius 2 is 0.984 bits per heavy atom. The van der Waals surface area contributed by atoms with Gasteiger partial charge in [0.2, 0.25) is 0 Å². The van der Waals surface area contributed by atoms with Crippen molar-refractivity contribution in [2.24, 2.45) is 9.98 Å². The molecule has 0 fully saturated rings. The molecule has 1 N–H and O–H groups in total. The van der Waals surface area contributed by atoms with Crippen LogP contribution in [0.3, 0.4) is 0 Å². The molecule has 11 aromatic rings. The monoisotopic (exact) mass is 778 g/mol. The molecule has 0 bridgehead atoms. The summed E-state index contributed by atoms with van der Waals surface area (Å²) in [6, 6.07) is 78.3. The molecule has 0 spiro atoms. The normalized spacial score (nSPS) is 14.1. The summed E-state index contributed by atoms with van der Waals surface area (Å²) in [5.41, 5.74) is 11.3. The Labute approximate surface area is 353 Å². The van der Waals surface area contributed by atoms with E-state index >= 15 is 0 Å². The zero-order chi connectivity index (χ0) is 40.3. The molecule has 0 amide bonds. The van der Waals surface area contributed by atoms with Gasteiger partial charge >= 0.3 is 0 Å². The van der Waals surface area contributed by atoms with Crippen molar-refractivity contribution in [3.8, 4) is 27.9 Å². The quantitative estimate of drug-likeness (QED) is 0.179. The molecule has 1 unspecified atom stereocenters. The van der Waals surface area contributed by atoms with Crippen LogP contribution in [-0.4, -0.2) is 16.2 Å². The first kappa shape index (κ1) is 34.9. The number of rotatable bonds is 6. The van der Waals surface area contributed by atoms with Crippen LogP contribution in [0.25, 0.3) is 82.1 Å². The molecule has 4 nitrogen and oxygen atoms in total. The highest BCUT2D eigenvalue weighted by atomic mass is 15.2. The minimum Gasteiger partial charge on any atom is -0.344 e. The molecule has 1 aliphatic rings. The van der Waals surface area contributed by atoms with Gasteiger partial charge in [-0.15, -0.1) is 0 Å². The molecule has 0 saturated carbocycles. The molecule has 61 heavy (non-hydrogen) atoms. The van der Waals surface area contributed by atoms with Crippen molar-refractivity contribution in [3.05, 3.63) is 235 Å². The van der Waals surface area contributed by atoms with E-state index in [4.69, 9.17) is 9.98 Å². The summed E-state index contributed by atoms with van der Waals surface area (Å²) in [6.07, 6.45) is -0.289. The number of hydrogen-bond donors (Lipinski definition) is 1. The Bertz CT molecular complexity index is 3540. The summed E-state index contributed by atoms with van der Waals surface area (Å²) in [7, 11) is 0. The number of nitrogens with zero attached hydrogens (tertiary/aromatic N) is 3. The maximum atomic E-state index is 5.20. The molecule has 1 atom stereocenters. The molecule has 10 aromatic carbocycles. The van der Waals surface area contributed by atoms with Crippen LogP contribution in [0.15, 0.2) is 228 Å². The summed E-state index contributed by atoms with van der Waals surface area (Å²) in [5.74, 6) is 1.50. The fraction of sp³-hybridized carbons (Fsp3) is 0.0175. The van der Waals surface area contributed by atoms with Crippen molar-refractivity contribution in [1.82, 2.24) is 9.88 Å². The number of para-hydroxylation sites is 1. The summed E-state index contributed by atoms with van der Waals surface area (Å²) in [5, 5.41) is 13.5. The lowest BCUT2D eigenvalue weighted by molar-refractivity contribution is 0.674. The van der Waals surface area contributed by atoms with Crippen molar-refractivity contribution in [1.29, 1.82) is 0 Å². The standard InChI is InChI=1S/C57H38N4/c1-3-13-37(14-4-1)44-27-28-46-34-47(30-29-45(46)33-44)57-59-55(40-16-5-2-6-17-40)58-56(60-57)41-25-23-39(24-26-41)48-20-11-12-22-51(48)61-52-32-31-38-15-9-10-21-49(38)54(52)50-35-42-18-7-8-19-43(42)36-53(50)61/h1-36,55H,(H,58,59,60). The first-order chi connectivity index (χ1) is 30.2. The predicted octanol–water partition coefficient (Wildman–Crippen LogP) is 14.1. The van der Waals surface area contributed by atoms with Crippen molar-refractivity contribution in [2.45, 2.75) is 6.17 Å². The van der Waals surface area contributed by atoms with Gasteiger partial charge in [0.15, 0.2) is 5.84 Å². The minimum atomic E-state index is -0.289. The van der Waals surface area contributed by atoms with Gasteiger partial charge in [-0.25, -0.2) is 9.98 Å². The van der Waals surface area contributed by atoms with Crippen molar-refractivity contribution < 1.29 is 0 Å². The summed E-state index contributed by atoms with van der Waals surface area (Å²) < 4.78 is 2.46. The van der Waals surface area contributed by atoms with E-state index in [1.165, 1.54) is 59.9 Å². The van der Waals surface area contributed by atoms with E-state index in [0.29, 0.717) is 5.84 Å². The molecule has 12 rings (SSSR count). The van der Waals surface area contributed by atoms with Gasteiger partial charge in [0.25, 0.3) is 0 Å². The van der Waals surface area contributed by atoms with Crippen LogP contribution in [0.4, 0.5) is 0 Å². The number of fused-ring (bicyclic) bond motifs is 7. The van der Waals surface area contributed by atoms with Gasteiger partial charge in [0.1, 0.15) is 12.0 Å². The average molecular weight is 779 g/mol. The maximum absolute atomic E-state index is 5.20. The molecule has 0 radical (unpaired) electrons. The van der Waals surface area contributed by atoms with Gasteiger partial charge in [-0.3, -0.25) is 0 Å². The van der Waals surface area contributed by atoms with Crippen molar-refractivity contribution in [3.63, 3.8) is 0 Å². The Hall–Kier alpha value is -8.08. The highest BCUT2D eigenvalue weighted by Crippen LogP contribution is 2.41. The number of amidine groups is 2. The predicted molar refractivity (Wildman–Crippen MR) is 256 cm³/mol. The van der Waals surface area contributed by atoms with Gasteiger partial charge in [-0.1, -0.05) is 182 Å². The molecule has 2 heterocycles. The second kappa shape index (κ2) is 14.3. The second-order valence-corrected chi connectivity index (χ2v) is 15.8. The number of benzene rings is 10. The average Bonchev–Trinajstić information content (AvgIpc) is 3.66. The van der Waals surface area contributed by atoms with E-state index in [9.17, 15) is 0 Å². The molecule has 1 aromatic heterocycles. The number of aromatic nitrogens is 1. The SMILES string of the molecule is c1ccc(-c2ccc3cc(C4=NC(c5ccccc5)NC(c5ccc(-c6ccccc6-n6c7cc8ccccc8cc7c7c8ccccc8ccc76)cc5)=N4)ccc3c2)cc1. The van der Waals surface area contributed by atoms with E-state index in [1.807, 2.05) is 6.07 Å². The van der Waals surface area contributed by atoms with Crippen LogP contribution in [0, 0.1) is 0 Å². The summed E-state index contributed by atoms with van der Waals surface area (Å²) >= 11 is 0. The van der Waals surface area contributed by atoms with Crippen LogP contribution in [0.1, 0.15) is 22.9 Å². The molecular weight excluding hydrogens is 741 g/mol. The molecule has 0 saturated heterocycles. The fourth-order valence-corrected chi connectivity index (χ4v) is 9.18. The van der Waals surface area contributed by atoms with Crippen LogP contribution in [0.5, 0.6) is 0 Å². The van der Waals surface area contributed by atoms with E-state index in [-0.39, 0.29) is 6.17 Å². The highest BCUT2D eigenvalue weighted by Gasteiger charge is 2.22. The largest absolute Gasteiger partial charge is 0.344 e. The maximum Gasteiger partial charge on any atom is 0.159 e. The lowest BCUT2D eigenvalue weighted by Crippen LogP contribution is -2.33. The molecule has 4 heteroatoms. The first-order valence-corrected chi connectivity index (χ1v) is 20.8. The van der Waals surface area contributed by atoms with Crippen molar-refractivity contribution in [2.75, 3.05) is 0 Å². The molecular formula is C57H38N4. The van der Waals surface area contributed by atoms with Crippen LogP contribution in [-0.2, 0) is 0 Å². The lowest BCUT2D eigenvalue weighted by Gasteiger charge is -2.24. The smallest absolute Gasteiger partial charge is 0.159 e. The van der Waals surface area contributed by atoms with E-state index in [1.54, 1.807) is 0 Å². The summed E-state index contributed by atoms with van der Waals surface area (Å²) in [6.45, 7) is 0. The van der Waals surface area contributed by atoms with Gasteiger partial charge in [-0.2, -0.15) is 0 Å². The third-order valence-corrected chi connectivity index (χ3v) is 12.2. The Kier molecular flexibility index (Phi) is 8.20. The molecule has 0 aliphatic carbocycles. The van der Waals surface area contributed by atoms with Gasteiger partial charge in [0.05, 0.1) is 16.7 Å². The van der Waals surface area contributed by atoms with Crippen LogP contribution < -0.4 is 5.32 Å². The summed E-state index contributed by atoms with van der Waals surface area (Å²) in [4.78, 5) is 10.4. The van der Waals surface area contributed by atoms with Gasteiger partial charge in [-0.05, 0) is 91.0 Å².